The average molecular weight is 270 g/mol. The molecule has 4 N–H and O–H groups in total. The van der Waals surface area contributed by atoms with Gasteiger partial charge in [-0.25, -0.2) is 0 Å². The molecule has 0 radical (unpaired) electrons. The van der Waals surface area contributed by atoms with E-state index in [1.807, 2.05) is 0 Å². The molecule has 1 amide bonds. The number of hydrogen-bond donors (Lipinski definition) is 4. The zero-order chi connectivity index (χ0) is 14.0. The van der Waals surface area contributed by atoms with Gasteiger partial charge in [0.2, 0.25) is 0 Å². The second-order valence-electron chi connectivity index (χ2n) is 4.23. The summed E-state index contributed by atoms with van der Waals surface area (Å²) in [7, 11) is 0. The molecule has 0 aliphatic carbocycles. The van der Waals surface area contributed by atoms with Gasteiger partial charge in [-0.3, -0.25) is 14.6 Å². The number of rotatable bonds is 3. The van der Waals surface area contributed by atoms with Crippen LogP contribution in [0.5, 0.6) is 0 Å². The molecule has 2 heterocycles. The van der Waals surface area contributed by atoms with Crippen LogP contribution in [0, 0.1) is 0 Å². The molecule has 0 aromatic rings. The first-order valence-corrected chi connectivity index (χ1v) is 5.73. The smallest absolute Gasteiger partial charge is 0.258 e. The summed E-state index contributed by atoms with van der Waals surface area (Å²) in [6.07, 6.45) is -2.29. The Labute approximate surface area is 108 Å². The molecule has 0 bridgehead atoms. The number of amides is 1. The van der Waals surface area contributed by atoms with Crippen molar-refractivity contribution in [1.82, 2.24) is 5.32 Å². The van der Waals surface area contributed by atoms with Crippen LogP contribution in [0.15, 0.2) is 16.8 Å². The van der Waals surface area contributed by atoms with Crippen molar-refractivity contribution >= 4 is 17.9 Å². The van der Waals surface area contributed by atoms with E-state index in [0.717, 1.165) is 6.20 Å². The van der Waals surface area contributed by atoms with E-state index < -0.39 is 37.1 Å². The highest BCUT2D eigenvalue weighted by Crippen LogP contribution is 2.19. The number of nitrogens with zero attached hydrogens (tertiary/aromatic N) is 1. The molecule has 0 spiro atoms. The Morgan fingerprint density at radius 3 is 2.79 bits per heavy atom. The zero-order valence-corrected chi connectivity index (χ0v) is 9.89. The van der Waals surface area contributed by atoms with E-state index >= 15 is 0 Å². The molecule has 8 heteroatoms. The summed E-state index contributed by atoms with van der Waals surface area (Å²) in [5.74, 6) is -1.13. The summed E-state index contributed by atoms with van der Waals surface area (Å²) in [5.41, 5.74) is -0.139. The number of ether oxygens (including phenoxy) is 1. The maximum Gasteiger partial charge on any atom is 0.258 e. The van der Waals surface area contributed by atoms with Crippen LogP contribution in [0.25, 0.3) is 0 Å². The average Bonchev–Trinajstić information content (AvgIpc) is 2.67. The highest BCUT2D eigenvalue weighted by molar-refractivity contribution is 6.22. The van der Waals surface area contributed by atoms with E-state index in [1.165, 1.54) is 6.21 Å². The largest absolute Gasteiger partial charge is 0.394 e. The van der Waals surface area contributed by atoms with Crippen molar-refractivity contribution in [1.29, 1.82) is 0 Å². The van der Waals surface area contributed by atoms with Crippen LogP contribution in [-0.2, 0) is 14.3 Å². The molecule has 1 saturated heterocycles. The normalized spacial score (nSPS) is 34.3. The highest BCUT2D eigenvalue weighted by Gasteiger charge is 2.43. The van der Waals surface area contributed by atoms with Crippen molar-refractivity contribution < 1.29 is 29.6 Å². The van der Waals surface area contributed by atoms with Gasteiger partial charge in [0, 0.05) is 18.8 Å². The SMILES string of the molecule is O=C1CC=NC=C1C(=O)N[C@H]1O[C@@H](CO)[C@H](O)[C@@H]1O. The molecule has 2 rings (SSSR count). The van der Waals surface area contributed by atoms with Gasteiger partial charge in [0.1, 0.15) is 23.9 Å². The van der Waals surface area contributed by atoms with Gasteiger partial charge in [0.15, 0.2) is 12.0 Å². The number of aliphatic hydroxyl groups excluding tert-OH is 3. The highest BCUT2D eigenvalue weighted by atomic mass is 16.6. The van der Waals surface area contributed by atoms with Gasteiger partial charge in [-0.1, -0.05) is 0 Å². The number of aliphatic imine (C=N–C) groups is 1. The molecule has 2 aliphatic heterocycles. The predicted molar refractivity (Wildman–Crippen MR) is 62.1 cm³/mol. The third kappa shape index (κ3) is 2.71. The maximum atomic E-state index is 11.8. The Morgan fingerprint density at radius 2 is 2.21 bits per heavy atom. The number of ketones is 1. The molecule has 19 heavy (non-hydrogen) atoms. The Balaban J connectivity index is 2.02. The lowest BCUT2D eigenvalue weighted by Crippen LogP contribution is -2.45. The van der Waals surface area contributed by atoms with Crippen LogP contribution in [0.2, 0.25) is 0 Å². The number of hydrogen-bond acceptors (Lipinski definition) is 7. The van der Waals surface area contributed by atoms with Gasteiger partial charge in [-0.2, -0.15) is 0 Å². The Bertz CT molecular complexity index is 446. The van der Waals surface area contributed by atoms with Gasteiger partial charge < -0.3 is 25.4 Å². The lowest BCUT2D eigenvalue weighted by molar-refractivity contribution is -0.126. The molecule has 0 saturated carbocycles. The van der Waals surface area contributed by atoms with E-state index in [4.69, 9.17) is 9.84 Å². The van der Waals surface area contributed by atoms with Crippen LogP contribution in [0.1, 0.15) is 6.42 Å². The fourth-order valence-electron chi connectivity index (χ4n) is 1.86. The number of Topliss-reactive ketones (excluding diaryl/α,β-unsaturated/α-hetero) is 1. The van der Waals surface area contributed by atoms with Crippen molar-refractivity contribution in [3.63, 3.8) is 0 Å². The second-order valence-corrected chi connectivity index (χ2v) is 4.23. The quantitative estimate of drug-likeness (QED) is 0.419. The molecular formula is C11H14N2O6. The summed E-state index contributed by atoms with van der Waals surface area (Å²) < 4.78 is 5.07. The summed E-state index contributed by atoms with van der Waals surface area (Å²) in [6.45, 7) is -0.490. The lowest BCUT2D eigenvalue weighted by atomic mass is 10.1. The first-order chi connectivity index (χ1) is 9.04. The van der Waals surface area contributed by atoms with Crippen LogP contribution < -0.4 is 5.32 Å². The fraction of sp³-hybridized carbons (Fsp3) is 0.545. The monoisotopic (exact) mass is 270 g/mol. The van der Waals surface area contributed by atoms with Gasteiger partial charge in [-0.05, 0) is 0 Å². The molecule has 0 aromatic carbocycles. The number of carbonyl (C=O) groups excluding carboxylic acids is 2. The summed E-state index contributed by atoms with van der Waals surface area (Å²) >= 11 is 0. The van der Waals surface area contributed by atoms with E-state index in [1.54, 1.807) is 0 Å². The second kappa shape index (κ2) is 5.57. The van der Waals surface area contributed by atoms with Crippen LogP contribution in [0.3, 0.4) is 0 Å². The molecule has 0 unspecified atom stereocenters. The molecule has 2 aliphatic rings. The fourth-order valence-corrected chi connectivity index (χ4v) is 1.86. The van der Waals surface area contributed by atoms with Crippen LogP contribution >= 0.6 is 0 Å². The van der Waals surface area contributed by atoms with Crippen molar-refractivity contribution in [2.75, 3.05) is 6.61 Å². The van der Waals surface area contributed by atoms with E-state index in [0.29, 0.717) is 0 Å². The third-order valence-electron chi connectivity index (χ3n) is 2.95. The number of nitrogens with one attached hydrogen (secondary N) is 1. The number of aliphatic hydroxyl groups is 3. The Hall–Kier alpha value is -1.61. The van der Waals surface area contributed by atoms with Crippen molar-refractivity contribution in [3.05, 3.63) is 11.8 Å². The van der Waals surface area contributed by atoms with Gasteiger partial charge in [0.05, 0.1) is 6.61 Å². The topological polar surface area (TPSA) is 128 Å². The van der Waals surface area contributed by atoms with E-state index in [9.17, 15) is 19.8 Å². The van der Waals surface area contributed by atoms with Crippen molar-refractivity contribution in [3.8, 4) is 0 Å². The Kier molecular flexibility index (Phi) is 4.05. The minimum absolute atomic E-state index is 0.0369. The van der Waals surface area contributed by atoms with E-state index in [2.05, 4.69) is 10.3 Å². The standard InChI is InChI=1S/C11H14N2O6/c14-4-7-8(16)9(17)11(19-7)13-10(18)5-3-12-2-1-6(5)15/h2-3,7-9,11,14,16-17H,1,4H2,(H,13,18)/t7-,8-,9-,11-/m0/s1. The minimum atomic E-state index is -1.37. The third-order valence-corrected chi connectivity index (χ3v) is 2.95. The zero-order valence-electron chi connectivity index (χ0n) is 9.89. The first kappa shape index (κ1) is 13.8. The molecule has 0 aromatic heterocycles. The maximum absolute atomic E-state index is 11.8. The lowest BCUT2D eigenvalue weighted by Gasteiger charge is -2.17. The van der Waals surface area contributed by atoms with Crippen LogP contribution in [0.4, 0.5) is 0 Å². The minimum Gasteiger partial charge on any atom is -0.394 e. The summed E-state index contributed by atoms with van der Waals surface area (Å²) in [4.78, 5) is 27.0. The van der Waals surface area contributed by atoms with Crippen molar-refractivity contribution in [2.24, 2.45) is 4.99 Å². The van der Waals surface area contributed by atoms with Crippen LogP contribution in [-0.4, -0.2) is 64.4 Å². The summed E-state index contributed by atoms with van der Waals surface area (Å²) in [6, 6.07) is 0. The molecule has 4 atom stereocenters. The van der Waals surface area contributed by atoms with Gasteiger partial charge in [-0.15, -0.1) is 0 Å². The summed E-state index contributed by atoms with van der Waals surface area (Å²) in [5, 5.41) is 30.3. The molecule has 1 fully saturated rings. The van der Waals surface area contributed by atoms with Gasteiger partial charge in [0.25, 0.3) is 5.91 Å². The van der Waals surface area contributed by atoms with Gasteiger partial charge >= 0.3 is 0 Å². The predicted octanol–water partition coefficient (Wildman–Crippen LogP) is -2.53. The van der Waals surface area contributed by atoms with E-state index in [-0.39, 0.29) is 17.8 Å². The first-order valence-electron chi connectivity index (χ1n) is 5.73. The molecule has 8 nitrogen and oxygen atoms in total. The Morgan fingerprint density at radius 1 is 1.47 bits per heavy atom. The number of carbonyl (C=O) groups is 2. The molecular weight excluding hydrogens is 256 g/mol. The molecule has 104 valence electrons. The van der Waals surface area contributed by atoms with Crippen molar-refractivity contribution in [2.45, 2.75) is 31.0 Å².